The normalized spacial score (nSPS) is 34.6. The fourth-order valence-corrected chi connectivity index (χ4v) is 9.60. The van der Waals surface area contributed by atoms with Gasteiger partial charge in [0.25, 0.3) is 0 Å². The molecule has 8 heteroatoms. The van der Waals surface area contributed by atoms with E-state index in [0.29, 0.717) is 53.3 Å². The number of carbonyl (C=O) groups is 2. The Bertz CT molecular complexity index is 1270. The molecule has 3 fully saturated rings. The Morgan fingerprint density at radius 2 is 1.79 bits per heavy atom. The summed E-state index contributed by atoms with van der Waals surface area (Å²) in [4.78, 5) is 31.5. The van der Waals surface area contributed by atoms with Crippen LogP contribution in [0.3, 0.4) is 0 Å². The Kier molecular flexibility index (Phi) is 9.27. The van der Waals surface area contributed by atoms with E-state index in [9.17, 15) is 9.59 Å². The van der Waals surface area contributed by atoms with Gasteiger partial charge in [0.2, 0.25) is 5.05 Å². The second kappa shape index (κ2) is 12.5. The van der Waals surface area contributed by atoms with Gasteiger partial charge in [0.1, 0.15) is 18.3 Å². The van der Waals surface area contributed by atoms with Gasteiger partial charge in [-0.2, -0.15) is 0 Å². The number of esters is 2. The molecule has 0 radical (unpaired) electrons. The quantitative estimate of drug-likeness (QED) is 0.228. The summed E-state index contributed by atoms with van der Waals surface area (Å²) in [7, 11) is 0. The lowest BCUT2D eigenvalue weighted by atomic mass is 9.49. The number of nitrogens with zero attached hydrogens (tertiary/aromatic N) is 1. The zero-order chi connectivity index (χ0) is 31.1. The highest BCUT2D eigenvalue weighted by Crippen LogP contribution is 2.66. The van der Waals surface area contributed by atoms with Crippen molar-refractivity contribution in [3.63, 3.8) is 0 Å². The number of carbonyl (C=O) groups excluding carboxylic acids is 2. The topological polar surface area (TPSA) is 90.5 Å². The second-order valence-corrected chi connectivity index (χ2v) is 14.8. The molecule has 4 aliphatic rings. The minimum Gasteiger partial charge on any atom is -0.477 e. The van der Waals surface area contributed by atoms with Crippen molar-refractivity contribution in [2.24, 2.45) is 40.4 Å². The molecule has 5 rings (SSSR count). The average molecular weight is 611 g/mol. The SMILES string of the molecule is CC(=O)O[C@@H]1CC2=CC=C3[C@@H]4CC[C@H]([C@H](C)C(CCC(C)C)OC(=S)c5ncc[nH]5)[C@@]4(C)CC[C@@H]3[C@@]2(C)[C@@H](OC(C)=O)C1. The standard InChI is InChI=1S/C35H50N2O5S/c1-20(2)8-13-30(42-33(43)32-36-16-17-37-32)21(3)27-11-12-28-26-10-9-24-18-25(40-22(4)38)19-31(41-23(5)39)35(24,7)29(26)14-15-34(27,28)6/h9-10,16-17,20-21,25,27-31H,8,11-15,18-19H2,1-7H3,(H,36,37)/t21-,25+,27+,28-,29-,30?,31-,34+,35-/m0/s1. The van der Waals surface area contributed by atoms with Gasteiger partial charge in [0, 0.05) is 44.5 Å². The summed E-state index contributed by atoms with van der Waals surface area (Å²) in [6.45, 7) is 14.6. The van der Waals surface area contributed by atoms with Crippen LogP contribution in [0.25, 0.3) is 0 Å². The Labute approximate surface area is 262 Å². The highest BCUT2D eigenvalue weighted by atomic mass is 32.1. The lowest BCUT2D eigenvalue weighted by molar-refractivity contribution is -0.165. The molecule has 1 unspecified atom stereocenters. The first kappa shape index (κ1) is 31.9. The van der Waals surface area contributed by atoms with Crippen LogP contribution < -0.4 is 0 Å². The van der Waals surface area contributed by atoms with Crippen LogP contribution in [0.15, 0.2) is 35.7 Å². The summed E-state index contributed by atoms with van der Waals surface area (Å²) in [5.74, 6) is 2.29. The van der Waals surface area contributed by atoms with Gasteiger partial charge >= 0.3 is 11.9 Å². The second-order valence-electron chi connectivity index (χ2n) is 14.5. The molecular weight excluding hydrogens is 560 g/mol. The summed E-state index contributed by atoms with van der Waals surface area (Å²) in [6, 6.07) is 0. The van der Waals surface area contributed by atoms with Crippen molar-refractivity contribution in [2.45, 2.75) is 118 Å². The van der Waals surface area contributed by atoms with E-state index in [1.54, 1.807) is 12.4 Å². The molecule has 0 bridgehead atoms. The minimum atomic E-state index is -0.319. The maximum Gasteiger partial charge on any atom is 0.302 e. The van der Waals surface area contributed by atoms with E-state index in [0.717, 1.165) is 38.5 Å². The van der Waals surface area contributed by atoms with E-state index >= 15 is 0 Å². The number of nitrogens with one attached hydrogen (secondary N) is 1. The molecule has 1 N–H and O–H groups in total. The van der Waals surface area contributed by atoms with Crippen molar-refractivity contribution in [1.82, 2.24) is 9.97 Å². The number of aromatic amines is 1. The summed E-state index contributed by atoms with van der Waals surface area (Å²) < 4.78 is 18.2. The molecule has 43 heavy (non-hydrogen) atoms. The van der Waals surface area contributed by atoms with Gasteiger partial charge in [-0.3, -0.25) is 9.59 Å². The molecule has 236 valence electrons. The molecule has 3 saturated carbocycles. The number of thiocarbonyl (C=S) groups is 1. The smallest absolute Gasteiger partial charge is 0.302 e. The Morgan fingerprint density at radius 3 is 2.44 bits per heavy atom. The monoisotopic (exact) mass is 610 g/mol. The zero-order valence-electron chi connectivity index (χ0n) is 27.0. The number of hydrogen-bond acceptors (Lipinski definition) is 7. The van der Waals surface area contributed by atoms with Crippen molar-refractivity contribution in [3.05, 3.63) is 41.5 Å². The van der Waals surface area contributed by atoms with Crippen LogP contribution in [0, 0.1) is 40.4 Å². The van der Waals surface area contributed by atoms with E-state index < -0.39 is 0 Å². The number of H-pyrrole nitrogens is 1. The van der Waals surface area contributed by atoms with Crippen LogP contribution in [0.5, 0.6) is 0 Å². The summed E-state index contributed by atoms with van der Waals surface area (Å²) in [5, 5.41) is 0.454. The number of hydrogen-bond donors (Lipinski definition) is 1. The molecule has 9 atom stereocenters. The fraction of sp³-hybridized carbons (Fsp3) is 0.714. The number of rotatable bonds is 9. The molecule has 0 amide bonds. The lowest BCUT2D eigenvalue weighted by Crippen LogP contribution is -2.54. The molecule has 1 aromatic heterocycles. The highest BCUT2D eigenvalue weighted by molar-refractivity contribution is 7.80. The maximum atomic E-state index is 12.3. The van der Waals surface area contributed by atoms with Gasteiger partial charge in [0.05, 0.1) is 0 Å². The largest absolute Gasteiger partial charge is 0.477 e. The third-order valence-electron chi connectivity index (χ3n) is 11.5. The van der Waals surface area contributed by atoms with E-state index in [-0.39, 0.29) is 41.1 Å². The molecule has 0 saturated heterocycles. The molecule has 0 aromatic carbocycles. The Morgan fingerprint density at radius 1 is 1.05 bits per heavy atom. The number of imidazole rings is 1. The van der Waals surface area contributed by atoms with Gasteiger partial charge in [-0.25, -0.2) is 4.98 Å². The summed E-state index contributed by atoms with van der Waals surface area (Å²) in [5.41, 5.74) is 2.62. The third kappa shape index (κ3) is 6.10. The first-order valence-electron chi connectivity index (χ1n) is 16.3. The predicted octanol–water partition coefficient (Wildman–Crippen LogP) is 7.52. The van der Waals surface area contributed by atoms with Crippen LogP contribution in [0.4, 0.5) is 0 Å². The third-order valence-corrected chi connectivity index (χ3v) is 11.8. The van der Waals surface area contributed by atoms with Gasteiger partial charge in [0.15, 0.2) is 5.82 Å². The predicted molar refractivity (Wildman–Crippen MR) is 170 cm³/mol. The minimum absolute atomic E-state index is 0.0348. The van der Waals surface area contributed by atoms with E-state index in [1.165, 1.54) is 25.0 Å². The van der Waals surface area contributed by atoms with Crippen LogP contribution >= 0.6 is 12.2 Å². The number of fused-ring (bicyclic) bond motifs is 5. The molecule has 0 spiro atoms. The highest BCUT2D eigenvalue weighted by Gasteiger charge is 2.60. The maximum absolute atomic E-state index is 12.3. The molecule has 4 aliphatic carbocycles. The molecule has 0 aliphatic heterocycles. The van der Waals surface area contributed by atoms with Gasteiger partial charge < -0.3 is 19.2 Å². The van der Waals surface area contributed by atoms with Crippen molar-refractivity contribution < 1.29 is 23.8 Å². The Hall–Kier alpha value is -2.48. The number of ether oxygens (including phenoxy) is 3. The molecule has 7 nitrogen and oxygen atoms in total. The molecular formula is C35H50N2O5S. The first-order valence-corrected chi connectivity index (χ1v) is 16.7. The molecule has 1 aromatic rings. The fourth-order valence-electron chi connectivity index (χ4n) is 9.36. The van der Waals surface area contributed by atoms with Crippen molar-refractivity contribution >= 4 is 29.2 Å². The van der Waals surface area contributed by atoms with Crippen LogP contribution in [-0.2, 0) is 23.8 Å². The van der Waals surface area contributed by atoms with Gasteiger partial charge in [-0.15, -0.1) is 0 Å². The van der Waals surface area contributed by atoms with E-state index in [4.69, 9.17) is 26.4 Å². The van der Waals surface area contributed by atoms with Crippen molar-refractivity contribution in [1.29, 1.82) is 0 Å². The average Bonchev–Trinajstić information content (AvgIpc) is 3.59. The molecule has 1 heterocycles. The van der Waals surface area contributed by atoms with Gasteiger partial charge in [-0.1, -0.05) is 57.9 Å². The van der Waals surface area contributed by atoms with Crippen LogP contribution in [0.1, 0.15) is 106 Å². The first-order chi connectivity index (χ1) is 20.3. The van der Waals surface area contributed by atoms with E-state index in [2.05, 4.69) is 56.7 Å². The lowest BCUT2D eigenvalue weighted by Gasteiger charge is -2.57. The van der Waals surface area contributed by atoms with E-state index in [1.807, 2.05) is 0 Å². The number of aromatic nitrogens is 2. The zero-order valence-corrected chi connectivity index (χ0v) is 27.8. The van der Waals surface area contributed by atoms with Crippen molar-refractivity contribution in [3.8, 4) is 0 Å². The summed E-state index contributed by atoms with van der Waals surface area (Å²) in [6.07, 6.45) is 15.4. The Balaban J connectivity index is 1.41. The number of allylic oxidation sites excluding steroid dienone is 3. The van der Waals surface area contributed by atoms with Crippen LogP contribution in [0.2, 0.25) is 0 Å². The van der Waals surface area contributed by atoms with Crippen LogP contribution in [-0.4, -0.2) is 45.3 Å². The van der Waals surface area contributed by atoms with Gasteiger partial charge in [-0.05, 0) is 85.7 Å². The summed E-state index contributed by atoms with van der Waals surface area (Å²) >= 11 is 5.69. The van der Waals surface area contributed by atoms with Crippen molar-refractivity contribution in [2.75, 3.05) is 0 Å².